The molecule has 92 valence electrons. The van der Waals surface area contributed by atoms with E-state index in [1.165, 1.54) is 12.8 Å². The van der Waals surface area contributed by atoms with Crippen molar-refractivity contribution >= 4 is 11.0 Å². The number of hydrogen-bond acceptors (Lipinski definition) is 3. The van der Waals surface area contributed by atoms with Gasteiger partial charge in [-0.2, -0.15) is 5.26 Å². The van der Waals surface area contributed by atoms with Gasteiger partial charge in [-0.25, -0.2) is 4.98 Å². The number of aromatic nitrogens is 2. The molecule has 18 heavy (non-hydrogen) atoms. The summed E-state index contributed by atoms with van der Waals surface area (Å²) in [6.45, 7) is 1.07. The number of fused-ring (bicyclic) bond motifs is 1. The molecule has 1 aliphatic rings. The summed E-state index contributed by atoms with van der Waals surface area (Å²) in [5, 5.41) is 12.5. The minimum Gasteiger partial charge on any atom is -0.330 e. The van der Waals surface area contributed by atoms with Crippen LogP contribution in [-0.4, -0.2) is 16.1 Å². The molecule has 0 radical (unpaired) electrons. The molecule has 0 aliphatic carbocycles. The molecule has 1 saturated heterocycles. The molecular weight excluding hydrogens is 224 g/mol. The number of piperidine rings is 1. The predicted molar refractivity (Wildman–Crippen MR) is 70.0 cm³/mol. The number of aryl methyl sites for hydroxylation is 1. The molecular formula is C14H16N4. The average Bonchev–Trinajstić information content (AvgIpc) is 2.77. The van der Waals surface area contributed by atoms with Crippen molar-refractivity contribution in [2.24, 2.45) is 7.05 Å². The first-order valence-corrected chi connectivity index (χ1v) is 6.39. The Hall–Kier alpha value is -1.86. The maximum Gasteiger partial charge on any atom is 0.126 e. The Balaban J connectivity index is 2.08. The van der Waals surface area contributed by atoms with Gasteiger partial charge in [0.15, 0.2) is 0 Å². The van der Waals surface area contributed by atoms with Crippen LogP contribution in [0, 0.1) is 11.3 Å². The van der Waals surface area contributed by atoms with E-state index in [1.54, 1.807) is 0 Å². The van der Waals surface area contributed by atoms with Gasteiger partial charge < -0.3 is 9.88 Å². The van der Waals surface area contributed by atoms with Crippen LogP contribution in [0.4, 0.5) is 0 Å². The molecule has 1 aromatic carbocycles. The lowest BCUT2D eigenvalue weighted by molar-refractivity contribution is 0.392. The standard InChI is InChI=1S/C14H16N4/c1-18-13-8-10(9-15)5-6-11(13)17-14(18)12-4-2-3-7-16-12/h5-6,8,12,16H,2-4,7H2,1H3. The van der Waals surface area contributed by atoms with E-state index in [4.69, 9.17) is 10.2 Å². The summed E-state index contributed by atoms with van der Waals surface area (Å²) in [4.78, 5) is 4.70. The van der Waals surface area contributed by atoms with Gasteiger partial charge in [0.2, 0.25) is 0 Å². The molecule has 0 amide bonds. The van der Waals surface area contributed by atoms with Gasteiger partial charge in [-0.3, -0.25) is 0 Å². The van der Waals surface area contributed by atoms with Gasteiger partial charge in [-0.05, 0) is 37.6 Å². The predicted octanol–water partition coefficient (Wildman–Crippen LogP) is 2.26. The lowest BCUT2D eigenvalue weighted by atomic mass is 10.0. The molecule has 1 fully saturated rings. The zero-order chi connectivity index (χ0) is 12.5. The molecule has 4 heteroatoms. The second kappa shape index (κ2) is 4.43. The Morgan fingerprint density at radius 3 is 3.06 bits per heavy atom. The number of hydrogen-bond donors (Lipinski definition) is 1. The van der Waals surface area contributed by atoms with Gasteiger partial charge >= 0.3 is 0 Å². The van der Waals surface area contributed by atoms with E-state index in [2.05, 4.69) is 16.0 Å². The third kappa shape index (κ3) is 1.77. The Bertz CT molecular complexity index is 614. The maximum atomic E-state index is 8.95. The molecule has 0 spiro atoms. The monoisotopic (exact) mass is 240 g/mol. The van der Waals surface area contributed by atoms with E-state index < -0.39 is 0 Å². The summed E-state index contributed by atoms with van der Waals surface area (Å²) >= 11 is 0. The first-order valence-electron chi connectivity index (χ1n) is 6.39. The minimum absolute atomic E-state index is 0.349. The fraction of sp³-hybridized carbons (Fsp3) is 0.429. The fourth-order valence-electron chi connectivity index (χ4n) is 2.66. The van der Waals surface area contributed by atoms with Crippen LogP contribution in [0.1, 0.15) is 36.7 Å². The van der Waals surface area contributed by atoms with Crippen LogP contribution in [0.2, 0.25) is 0 Å². The number of nitrogens with zero attached hydrogens (tertiary/aromatic N) is 3. The van der Waals surface area contributed by atoms with Gasteiger partial charge in [0.05, 0.1) is 28.7 Å². The van der Waals surface area contributed by atoms with Crippen molar-refractivity contribution in [2.45, 2.75) is 25.3 Å². The molecule has 1 aromatic heterocycles. The molecule has 1 unspecified atom stereocenters. The topological polar surface area (TPSA) is 53.6 Å². The normalized spacial score (nSPS) is 19.9. The van der Waals surface area contributed by atoms with Crippen LogP contribution in [0.5, 0.6) is 0 Å². The van der Waals surface area contributed by atoms with Crippen LogP contribution in [0.3, 0.4) is 0 Å². The molecule has 4 nitrogen and oxygen atoms in total. The highest BCUT2D eigenvalue weighted by Crippen LogP contribution is 2.25. The third-order valence-corrected chi connectivity index (χ3v) is 3.67. The van der Waals surface area contributed by atoms with E-state index in [0.29, 0.717) is 11.6 Å². The van der Waals surface area contributed by atoms with Crippen LogP contribution in [-0.2, 0) is 7.05 Å². The van der Waals surface area contributed by atoms with Crippen molar-refractivity contribution in [1.82, 2.24) is 14.9 Å². The molecule has 1 atom stereocenters. The van der Waals surface area contributed by atoms with Crippen molar-refractivity contribution in [3.05, 3.63) is 29.6 Å². The summed E-state index contributed by atoms with van der Waals surface area (Å²) in [5.41, 5.74) is 2.70. The quantitative estimate of drug-likeness (QED) is 0.831. The third-order valence-electron chi connectivity index (χ3n) is 3.67. The molecule has 2 aromatic rings. The smallest absolute Gasteiger partial charge is 0.126 e. The van der Waals surface area contributed by atoms with Gasteiger partial charge in [0, 0.05) is 7.05 Å². The van der Waals surface area contributed by atoms with Crippen molar-refractivity contribution in [1.29, 1.82) is 5.26 Å². The highest BCUT2D eigenvalue weighted by molar-refractivity contribution is 5.77. The summed E-state index contributed by atoms with van der Waals surface area (Å²) in [7, 11) is 2.03. The molecule has 0 saturated carbocycles. The number of nitrogens with one attached hydrogen (secondary N) is 1. The van der Waals surface area contributed by atoms with E-state index in [0.717, 1.165) is 29.8 Å². The Morgan fingerprint density at radius 2 is 2.33 bits per heavy atom. The highest BCUT2D eigenvalue weighted by Gasteiger charge is 2.20. The van der Waals surface area contributed by atoms with Gasteiger partial charge in [0.1, 0.15) is 5.82 Å². The SMILES string of the molecule is Cn1c(C2CCCCN2)nc2ccc(C#N)cc21. The van der Waals surface area contributed by atoms with E-state index >= 15 is 0 Å². The van der Waals surface area contributed by atoms with Crippen LogP contribution in [0.15, 0.2) is 18.2 Å². The first kappa shape index (κ1) is 11.2. The summed E-state index contributed by atoms with van der Waals surface area (Å²) in [5.74, 6) is 1.08. The zero-order valence-electron chi connectivity index (χ0n) is 10.5. The average molecular weight is 240 g/mol. The van der Waals surface area contributed by atoms with Crippen molar-refractivity contribution in [2.75, 3.05) is 6.54 Å². The molecule has 3 rings (SSSR count). The lowest BCUT2D eigenvalue weighted by Gasteiger charge is -2.22. The van der Waals surface area contributed by atoms with Crippen molar-refractivity contribution in [3.8, 4) is 6.07 Å². The number of benzene rings is 1. The summed E-state index contributed by atoms with van der Waals surface area (Å²) in [6, 6.07) is 8.20. The molecule has 2 heterocycles. The number of nitriles is 1. The van der Waals surface area contributed by atoms with Crippen LogP contribution >= 0.6 is 0 Å². The van der Waals surface area contributed by atoms with Crippen molar-refractivity contribution in [3.63, 3.8) is 0 Å². The minimum atomic E-state index is 0.349. The van der Waals surface area contributed by atoms with Crippen molar-refractivity contribution < 1.29 is 0 Å². The first-order chi connectivity index (χ1) is 8.79. The second-order valence-electron chi connectivity index (χ2n) is 4.85. The largest absolute Gasteiger partial charge is 0.330 e. The van der Waals surface area contributed by atoms with E-state index in [9.17, 15) is 0 Å². The summed E-state index contributed by atoms with van der Waals surface area (Å²) in [6.07, 6.45) is 3.64. The Labute approximate surface area is 106 Å². The number of rotatable bonds is 1. The van der Waals surface area contributed by atoms with E-state index in [-0.39, 0.29) is 0 Å². The molecule has 1 N–H and O–H groups in total. The molecule has 0 bridgehead atoms. The Kier molecular flexibility index (Phi) is 2.77. The van der Waals surface area contributed by atoms with Crippen LogP contribution in [0.25, 0.3) is 11.0 Å². The highest BCUT2D eigenvalue weighted by atomic mass is 15.1. The molecule has 1 aliphatic heterocycles. The zero-order valence-corrected chi connectivity index (χ0v) is 10.5. The summed E-state index contributed by atoms with van der Waals surface area (Å²) < 4.78 is 2.11. The lowest BCUT2D eigenvalue weighted by Crippen LogP contribution is -2.28. The number of imidazole rings is 1. The second-order valence-corrected chi connectivity index (χ2v) is 4.85. The van der Waals surface area contributed by atoms with Gasteiger partial charge in [0.25, 0.3) is 0 Å². The van der Waals surface area contributed by atoms with Gasteiger partial charge in [-0.15, -0.1) is 0 Å². The maximum absolute atomic E-state index is 8.95. The van der Waals surface area contributed by atoms with Crippen LogP contribution < -0.4 is 5.32 Å². The fourth-order valence-corrected chi connectivity index (χ4v) is 2.66. The van der Waals surface area contributed by atoms with E-state index in [1.807, 2.05) is 25.2 Å². The Morgan fingerprint density at radius 1 is 1.44 bits per heavy atom. The van der Waals surface area contributed by atoms with Gasteiger partial charge in [-0.1, -0.05) is 6.42 Å².